The number of hydrogen-bond acceptors (Lipinski definition) is 2. The monoisotopic (exact) mass is 273 g/mol. The summed E-state index contributed by atoms with van der Waals surface area (Å²) in [6.45, 7) is 6.22. The van der Waals surface area contributed by atoms with Crippen LogP contribution in [-0.4, -0.2) is 19.8 Å². The third-order valence-corrected chi connectivity index (χ3v) is 3.03. The molecular formula is C14H21ClFNO. The molecule has 0 saturated carbocycles. The van der Waals surface area contributed by atoms with Crippen LogP contribution < -0.4 is 5.32 Å². The van der Waals surface area contributed by atoms with Gasteiger partial charge in [0.05, 0.1) is 17.7 Å². The van der Waals surface area contributed by atoms with Gasteiger partial charge in [-0.1, -0.05) is 37.6 Å². The van der Waals surface area contributed by atoms with Crippen LogP contribution in [0, 0.1) is 5.82 Å². The molecule has 2 nitrogen and oxygen atoms in total. The molecular weight excluding hydrogens is 253 g/mol. The summed E-state index contributed by atoms with van der Waals surface area (Å²) >= 11 is 6.01. The van der Waals surface area contributed by atoms with Crippen LogP contribution in [0.4, 0.5) is 4.39 Å². The molecule has 1 atom stereocenters. The van der Waals surface area contributed by atoms with Gasteiger partial charge in [0.2, 0.25) is 0 Å². The van der Waals surface area contributed by atoms with Crippen molar-refractivity contribution in [1.29, 1.82) is 0 Å². The maximum absolute atomic E-state index is 13.4. The lowest BCUT2D eigenvalue weighted by Crippen LogP contribution is -2.27. The Kier molecular flexibility index (Phi) is 7.25. The van der Waals surface area contributed by atoms with E-state index in [0.717, 1.165) is 24.9 Å². The Morgan fingerprint density at radius 1 is 1.33 bits per heavy atom. The van der Waals surface area contributed by atoms with Crippen molar-refractivity contribution in [3.05, 3.63) is 34.6 Å². The van der Waals surface area contributed by atoms with E-state index < -0.39 is 0 Å². The number of hydrogen-bond donors (Lipinski definition) is 1. The van der Waals surface area contributed by atoms with E-state index in [0.29, 0.717) is 13.2 Å². The van der Waals surface area contributed by atoms with Gasteiger partial charge in [-0.25, -0.2) is 4.39 Å². The maximum atomic E-state index is 13.4. The highest BCUT2D eigenvalue weighted by molar-refractivity contribution is 6.31. The SMILES string of the molecule is CCCNC(COCCC)c1cccc(F)c1Cl. The number of benzene rings is 1. The molecule has 0 aliphatic heterocycles. The predicted octanol–water partition coefficient (Wildman–Crippen LogP) is 3.95. The lowest BCUT2D eigenvalue weighted by atomic mass is 10.1. The number of ether oxygens (including phenoxy) is 1. The molecule has 0 heterocycles. The van der Waals surface area contributed by atoms with Gasteiger partial charge >= 0.3 is 0 Å². The minimum Gasteiger partial charge on any atom is -0.379 e. The highest BCUT2D eigenvalue weighted by atomic mass is 35.5. The first-order chi connectivity index (χ1) is 8.70. The van der Waals surface area contributed by atoms with E-state index in [1.165, 1.54) is 6.07 Å². The molecule has 0 bridgehead atoms. The first-order valence-electron chi connectivity index (χ1n) is 6.45. The van der Waals surface area contributed by atoms with Crippen molar-refractivity contribution in [2.75, 3.05) is 19.8 Å². The number of rotatable bonds is 8. The van der Waals surface area contributed by atoms with Crippen molar-refractivity contribution in [3.63, 3.8) is 0 Å². The van der Waals surface area contributed by atoms with Crippen molar-refractivity contribution in [2.24, 2.45) is 0 Å². The van der Waals surface area contributed by atoms with Gasteiger partial charge in [0.25, 0.3) is 0 Å². The summed E-state index contributed by atoms with van der Waals surface area (Å²) in [7, 11) is 0. The quantitative estimate of drug-likeness (QED) is 0.724. The fourth-order valence-corrected chi connectivity index (χ4v) is 1.97. The highest BCUT2D eigenvalue weighted by Gasteiger charge is 2.16. The molecule has 0 spiro atoms. The molecule has 0 aliphatic carbocycles. The zero-order chi connectivity index (χ0) is 13.4. The van der Waals surface area contributed by atoms with Crippen LogP contribution in [0.5, 0.6) is 0 Å². The molecule has 1 aromatic rings. The Morgan fingerprint density at radius 3 is 2.78 bits per heavy atom. The van der Waals surface area contributed by atoms with Gasteiger partial charge in [-0.05, 0) is 31.0 Å². The maximum Gasteiger partial charge on any atom is 0.142 e. The van der Waals surface area contributed by atoms with Gasteiger partial charge in [-0.15, -0.1) is 0 Å². The van der Waals surface area contributed by atoms with Gasteiger partial charge in [0.15, 0.2) is 0 Å². The Hall–Kier alpha value is -0.640. The summed E-state index contributed by atoms with van der Waals surface area (Å²) in [5, 5.41) is 3.52. The van der Waals surface area contributed by atoms with E-state index in [9.17, 15) is 4.39 Å². The number of nitrogens with one attached hydrogen (secondary N) is 1. The van der Waals surface area contributed by atoms with Gasteiger partial charge < -0.3 is 10.1 Å². The molecule has 0 fully saturated rings. The second kappa shape index (κ2) is 8.46. The van der Waals surface area contributed by atoms with E-state index in [-0.39, 0.29) is 16.9 Å². The normalized spacial score (nSPS) is 12.7. The molecule has 0 aromatic heterocycles. The van der Waals surface area contributed by atoms with Crippen LogP contribution in [0.3, 0.4) is 0 Å². The van der Waals surface area contributed by atoms with Crippen LogP contribution in [0.25, 0.3) is 0 Å². The lowest BCUT2D eigenvalue weighted by molar-refractivity contribution is 0.112. The van der Waals surface area contributed by atoms with E-state index in [1.807, 2.05) is 6.07 Å². The standard InChI is InChI=1S/C14H21ClFNO/c1-3-8-17-13(10-18-9-4-2)11-6-5-7-12(16)14(11)15/h5-7,13,17H,3-4,8-10H2,1-2H3. The summed E-state index contributed by atoms with van der Waals surface area (Å²) in [4.78, 5) is 0. The molecule has 18 heavy (non-hydrogen) atoms. The minimum absolute atomic E-state index is 0.0558. The second-order valence-electron chi connectivity index (χ2n) is 4.22. The van der Waals surface area contributed by atoms with Crippen molar-refractivity contribution >= 4 is 11.6 Å². The Labute approximate surface area is 113 Å². The van der Waals surface area contributed by atoms with Crippen molar-refractivity contribution < 1.29 is 9.13 Å². The molecule has 0 amide bonds. The zero-order valence-corrected chi connectivity index (χ0v) is 11.8. The molecule has 0 radical (unpaired) electrons. The van der Waals surface area contributed by atoms with Crippen LogP contribution in [0.2, 0.25) is 5.02 Å². The topological polar surface area (TPSA) is 21.3 Å². The van der Waals surface area contributed by atoms with Gasteiger partial charge in [-0.2, -0.15) is 0 Å². The molecule has 1 unspecified atom stereocenters. The van der Waals surface area contributed by atoms with Crippen LogP contribution in [-0.2, 0) is 4.74 Å². The second-order valence-corrected chi connectivity index (χ2v) is 4.60. The summed E-state index contributed by atoms with van der Waals surface area (Å²) in [5.74, 6) is -0.382. The van der Waals surface area contributed by atoms with Crippen molar-refractivity contribution in [2.45, 2.75) is 32.7 Å². The molecule has 102 valence electrons. The largest absolute Gasteiger partial charge is 0.379 e. The van der Waals surface area contributed by atoms with Crippen LogP contribution >= 0.6 is 11.6 Å². The van der Waals surface area contributed by atoms with Crippen molar-refractivity contribution in [3.8, 4) is 0 Å². The Morgan fingerprint density at radius 2 is 2.11 bits per heavy atom. The molecule has 1 aromatic carbocycles. The smallest absolute Gasteiger partial charge is 0.142 e. The Balaban J connectivity index is 2.76. The minimum atomic E-state index is -0.382. The average molecular weight is 274 g/mol. The summed E-state index contributed by atoms with van der Waals surface area (Å²) in [6, 6.07) is 4.83. The molecule has 4 heteroatoms. The molecule has 0 aliphatic rings. The third kappa shape index (κ3) is 4.56. The summed E-state index contributed by atoms with van der Waals surface area (Å²) in [5.41, 5.74) is 0.765. The van der Waals surface area contributed by atoms with Crippen LogP contribution in [0.1, 0.15) is 38.3 Å². The Bertz CT molecular complexity index is 360. The van der Waals surface area contributed by atoms with Gasteiger partial charge in [-0.3, -0.25) is 0 Å². The van der Waals surface area contributed by atoms with E-state index in [2.05, 4.69) is 19.2 Å². The molecule has 1 N–H and O–H groups in total. The zero-order valence-electron chi connectivity index (χ0n) is 11.0. The van der Waals surface area contributed by atoms with Gasteiger partial charge in [0, 0.05) is 6.61 Å². The first kappa shape index (κ1) is 15.4. The third-order valence-electron chi connectivity index (χ3n) is 2.63. The van der Waals surface area contributed by atoms with Crippen LogP contribution in [0.15, 0.2) is 18.2 Å². The highest BCUT2D eigenvalue weighted by Crippen LogP contribution is 2.26. The average Bonchev–Trinajstić information content (AvgIpc) is 2.37. The van der Waals surface area contributed by atoms with E-state index in [4.69, 9.17) is 16.3 Å². The summed E-state index contributed by atoms with van der Waals surface area (Å²) < 4.78 is 19.0. The van der Waals surface area contributed by atoms with E-state index in [1.54, 1.807) is 6.07 Å². The lowest BCUT2D eigenvalue weighted by Gasteiger charge is -2.20. The fraction of sp³-hybridized carbons (Fsp3) is 0.571. The number of halogens is 2. The fourth-order valence-electron chi connectivity index (χ4n) is 1.71. The summed E-state index contributed by atoms with van der Waals surface area (Å²) in [6.07, 6.45) is 1.98. The molecule has 1 rings (SSSR count). The van der Waals surface area contributed by atoms with Gasteiger partial charge in [0.1, 0.15) is 5.82 Å². The molecule has 0 saturated heterocycles. The van der Waals surface area contributed by atoms with Crippen molar-refractivity contribution in [1.82, 2.24) is 5.32 Å². The predicted molar refractivity (Wildman–Crippen MR) is 73.6 cm³/mol. The first-order valence-corrected chi connectivity index (χ1v) is 6.83. The van der Waals surface area contributed by atoms with E-state index >= 15 is 0 Å².